The Morgan fingerprint density at radius 3 is 2.38 bits per heavy atom. The van der Waals surface area contributed by atoms with Gasteiger partial charge in [-0.3, -0.25) is 0 Å². The van der Waals surface area contributed by atoms with E-state index in [1.165, 1.54) is 6.07 Å². The average molecular weight is 295 g/mol. The quantitative estimate of drug-likeness (QED) is 0.884. The van der Waals surface area contributed by atoms with Crippen LogP contribution in [0, 0.1) is 0 Å². The van der Waals surface area contributed by atoms with E-state index in [4.69, 9.17) is 4.74 Å². The molecule has 0 aliphatic rings. The number of alkyl halides is 3. The molecule has 0 aliphatic carbocycles. The number of nitrogens with one attached hydrogen (secondary N) is 1. The van der Waals surface area contributed by atoms with Crippen molar-refractivity contribution in [3.63, 3.8) is 0 Å². The maximum absolute atomic E-state index is 12.6. The van der Waals surface area contributed by atoms with Crippen LogP contribution in [-0.4, -0.2) is 13.7 Å². The van der Waals surface area contributed by atoms with Crippen molar-refractivity contribution in [2.45, 2.75) is 12.6 Å². The van der Waals surface area contributed by atoms with E-state index in [0.29, 0.717) is 12.2 Å². The van der Waals surface area contributed by atoms with Crippen molar-refractivity contribution in [2.75, 3.05) is 19.0 Å². The number of halogens is 3. The lowest BCUT2D eigenvalue weighted by Crippen LogP contribution is -2.08. The molecule has 0 saturated heterocycles. The summed E-state index contributed by atoms with van der Waals surface area (Å²) in [5.74, 6) is 0.782. The summed E-state index contributed by atoms with van der Waals surface area (Å²) in [6.07, 6.45) is -3.59. The molecule has 0 heterocycles. The highest BCUT2D eigenvalue weighted by Crippen LogP contribution is 2.30. The Hall–Kier alpha value is -2.17. The van der Waals surface area contributed by atoms with E-state index >= 15 is 0 Å². The first-order valence-corrected chi connectivity index (χ1v) is 6.53. The average Bonchev–Trinajstić information content (AvgIpc) is 2.47. The number of hydrogen-bond donors (Lipinski definition) is 1. The largest absolute Gasteiger partial charge is 0.497 e. The molecule has 5 heteroatoms. The minimum Gasteiger partial charge on any atom is -0.497 e. The second-order valence-electron chi connectivity index (χ2n) is 4.60. The van der Waals surface area contributed by atoms with E-state index in [1.807, 2.05) is 24.3 Å². The van der Waals surface area contributed by atoms with Gasteiger partial charge in [0.2, 0.25) is 0 Å². The SMILES string of the molecule is COc1ccc(CCNc2cccc(C(F)(F)F)c2)cc1. The van der Waals surface area contributed by atoms with Crippen LogP contribution in [0.5, 0.6) is 5.75 Å². The third kappa shape index (κ3) is 4.41. The van der Waals surface area contributed by atoms with Crippen LogP contribution in [0.1, 0.15) is 11.1 Å². The minimum absolute atomic E-state index is 0.471. The standard InChI is InChI=1S/C16H16F3NO/c1-21-15-7-5-12(6-8-15)9-10-20-14-4-2-3-13(11-14)16(17,18)19/h2-8,11,20H,9-10H2,1H3. The predicted octanol–water partition coefficient (Wildman–Crippen LogP) is 4.37. The highest BCUT2D eigenvalue weighted by molar-refractivity contribution is 5.46. The number of anilines is 1. The lowest BCUT2D eigenvalue weighted by Gasteiger charge is -2.10. The number of methoxy groups -OCH3 is 1. The Balaban J connectivity index is 1.91. The molecule has 0 spiro atoms. The smallest absolute Gasteiger partial charge is 0.416 e. The van der Waals surface area contributed by atoms with Gasteiger partial charge in [0.1, 0.15) is 5.75 Å². The van der Waals surface area contributed by atoms with Crippen molar-refractivity contribution in [3.8, 4) is 5.75 Å². The molecule has 0 saturated carbocycles. The van der Waals surface area contributed by atoms with Crippen molar-refractivity contribution in [2.24, 2.45) is 0 Å². The van der Waals surface area contributed by atoms with Crippen LogP contribution in [-0.2, 0) is 12.6 Å². The summed E-state index contributed by atoms with van der Waals surface area (Å²) in [5.41, 5.74) is 0.922. The van der Waals surface area contributed by atoms with E-state index in [0.717, 1.165) is 29.9 Å². The summed E-state index contributed by atoms with van der Waals surface area (Å²) >= 11 is 0. The molecule has 0 bridgehead atoms. The van der Waals surface area contributed by atoms with Gasteiger partial charge < -0.3 is 10.1 Å². The molecule has 0 amide bonds. The predicted molar refractivity (Wildman–Crippen MR) is 76.6 cm³/mol. The zero-order chi connectivity index (χ0) is 15.3. The molecule has 112 valence electrons. The van der Waals surface area contributed by atoms with Crippen LogP contribution >= 0.6 is 0 Å². The number of benzene rings is 2. The Kier molecular flexibility index (Phi) is 4.73. The van der Waals surface area contributed by atoms with Gasteiger partial charge in [-0.1, -0.05) is 18.2 Å². The summed E-state index contributed by atoms with van der Waals surface area (Å²) in [4.78, 5) is 0. The topological polar surface area (TPSA) is 21.3 Å². The maximum atomic E-state index is 12.6. The molecule has 0 aliphatic heterocycles. The van der Waals surface area contributed by atoms with Crippen molar-refractivity contribution in [1.29, 1.82) is 0 Å². The number of hydrogen-bond acceptors (Lipinski definition) is 2. The molecule has 0 atom stereocenters. The van der Waals surface area contributed by atoms with Crippen molar-refractivity contribution >= 4 is 5.69 Å². The maximum Gasteiger partial charge on any atom is 0.416 e. The van der Waals surface area contributed by atoms with Gasteiger partial charge in [0, 0.05) is 12.2 Å². The summed E-state index contributed by atoms with van der Waals surface area (Å²) < 4.78 is 42.8. The molecule has 21 heavy (non-hydrogen) atoms. The lowest BCUT2D eigenvalue weighted by molar-refractivity contribution is -0.137. The summed E-state index contributed by atoms with van der Waals surface area (Å²) in [6.45, 7) is 0.563. The fourth-order valence-electron chi connectivity index (χ4n) is 1.95. The third-order valence-corrected chi connectivity index (χ3v) is 3.09. The van der Waals surface area contributed by atoms with E-state index in [2.05, 4.69) is 5.32 Å². The van der Waals surface area contributed by atoms with Crippen molar-refractivity contribution < 1.29 is 17.9 Å². The van der Waals surface area contributed by atoms with Crippen LogP contribution in [0.4, 0.5) is 18.9 Å². The van der Waals surface area contributed by atoms with Gasteiger partial charge in [0.05, 0.1) is 12.7 Å². The zero-order valence-electron chi connectivity index (χ0n) is 11.6. The molecular weight excluding hydrogens is 279 g/mol. The van der Waals surface area contributed by atoms with Crippen LogP contribution in [0.2, 0.25) is 0 Å². The molecule has 2 rings (SSSR count). The molecular formula is C16H16F3NO. The number of rotatable bonds is 5. The van der Waals surface area contributed by atoms with Crippen LogP contribution < -0.4 is 10.1 Å². The van der Waals surface area contributed by atoms with Crippen molar-refractivity contribution in [1.82, 2.24) is 0 Å². The molecule has 2 nitrogen and oxygen atoms in total. The van der Waals surface area contributed by atoms with Crippen LogP contribution in [0.3, 0.4) is 0 Å². The minimum atomic E-state index is -4.31. The van der Waals surface area contributed by atoms with Crippen molar-refractivity contribution in [3.05, 3.63) is 59.7 Å². The van der Waals surface area contributed by atoms with Gasteiger partial charge in [-0.2, -0.15) is 13.2 Å². The molecule has 1 N–H and O–H groups in total. The molecule has 2 aromatic rings. The highest BCUT2D eigenvalue weighted by atomic mass is 19.4. The molecule has 0 unspecified atom stereocenters. The number of ether oxygens (including phenoxy) is 1. The first kappa shape index (κ1) is 15.2. The summed E-state index contributed by atoms with van der Waals surface area (Å²) in [5, 5.41) is 3.00. The van der Waals surface area contributed by atoms with Gasteiger partial charge in [-0.05, 0) is 42.3 Å². The Bertz CT molecular complexity index is 579. The normalized spacial score (nSPS) is 11.2. The van der Waals surface area contributed by atoms with Gasteiger partial charge >= 0.3 is 6.18 Å². The van der Waals surface area contributed by atoms with Gasteiger partial charge in [-0.15, -0.1) is 0 Å². The first-order chi connectivity index (χ1) is 9.99. The van der Waals surface area contributed by atoms with Gasteiger partial charge in [-0.25, -0.2) is 0 Å². The summed E-state index contributed by atoms with van der Waals surface area (Å²) in [6, 6.07) is 12.8. The fourth-order valence-corrected chi connectivity index (χ4v) is 1.95. The molecule has 2 aromatic carbocycles. The molecule has 0 aromatic heterocycles. The van der Waals surface area contributed by atoms with Gasteiger partial charge in [0.25, 0.3) is 0 Å². The Morgan fingerprint density at radius 2 is 1.76 bits per heavy atom. The fraction of sp³-hybridized carbons (Fsp3) is 0.250. The van der Waals surface area contributed by atoms with E-state index in [9.17, 15) is 13.2 Å². The van der Waals surface area contributed by atoms with E-state index < -0.39 is 11.7 Å². The molecule has 0 radical (unpaired) electrons. The lowest BCUT2D eigenvalue weighted by atomic mass is 10.1. The third-order valence-electron chi connectivity index (χ3n) is 3.09. The molecule has 0 fully saturated rings. The zero-order valence-corrected chi connectivity index (χ0v) is 11.6. The van der Waals surface area contributed by atoms with E-state index in [-0.39, 0.29) is 0 Å². The van der Waals surface area contributed by atoms with Crippen LogP contribution in [0.25, 0.3) is 0 Å². The second-order valence-corrected chi connectivity index (χ2v) is 4.60. The first-order valence-electron chi connectivity index (χ1n) is 6.53. The summed E-state index contributed by atoms with van der Waals surface area (Å²) in [7, 11) is 1.60. The highest BCUT2D eigenvalue weighted by Gasteiger charge is 2.30. The second kappa shape index (κ2) is 6.52. The van der Waals surface area contributed by atoms with E-state index in [1.54, 1.807) is 13.2 Å². The Labute approximate surface area is 121 Å². The van der Waals surface area contributed by atoms with Crippen LogP contribution in [0.15, 0.2) is 48.5 Å². The Morgan fingerprint density at radius 1 is 1.05 bits per heavy atom. The monoisotopic (exact) mass is 295 g/mol. The van der Waals surface area contributed by atoms with Gasteiger partial charge in [0.15, 0.2) is 0 Å².